The van der Waals surface area contributed by atoms with Crippen LogP contribution in [0.4, 0.5) is 0 Å². The minimum absolute atomic E-state index is 0.135. The molecule has 0 aliphatic heterocycles. The third-order valence-corrected chi connectivity index (χ3v) is 1.84. The van der Waals surface area contributed by atoms with Gasteiger partial charge in [0.1, 0.15) is 0 Å². The smallest absolute Gasteiger partial charge is 0.254 e. The normalized spacial score (nSPS) is 12.4. The van der Waals surface area contributed by atoms with E-state index in [9.17, 15) is 4.79 Å². The van der Waals surface area contributed by atoms with E-state index in [2.05, 4.69) is 15.5 Å². The number of carbonyl (C=O) groups excluding carboxylic acids is 1. The maximum atomic E-state index is 11.3. The fraction of sp³-hybridized carbons (Fsp3) is 0.556. The largest absolute Gasteiger partial charge is 0.393 e. The molecule has 0 bridgehead atoms. The van der Waals surface area contributed by atoms with E-state index in [0.717, 1.165) is 6.42 Å². The van der Waals surface area contributed by atoms with Crippen LogP contribution in [0.1, 0.15) is 30.1 Å². The lowest BCUT2D eigenvalue weighted by Gasteiger charge is -2.04. The Morgan fingerprint density at radius 1 is 1.79 bits per heavy atom. The summed E-state index contributed by atoms with van der Waals surface area (Å²) in [6.45, 7) is 2.31. The molecule has 0 aliphatic carbocycles. The highest BCUT2D eigenvalue weighted by molar-refractivity contribution is 5.93. The monoisotopic (exact) mass is 197 g/mol. The molecule has 0 saturated heterocycles. The number of H-pyrrole nitrogens is 1. The maximum absolute atomic E-state index is 11.3. The first kappa shape index (κ1) is 10.7. The molecule has 1 aromatic heterocycles. The number of nitrogens with one attached hydrogen (secondary N) is 2. The first-order chi connectivity index (χ1) is 6.70. The molecule has 78 valence electrons. The molecule has 1 atom stereocenters. The Kier molecular flexibility index (Phi) is 4.12. The number of hydrogen-bond donors (Lipinski definition) is 3. The second-order valence-corrected chi connectivity index (χ2v) is 3.23. The fourth-order valence-corrected chi connectivity index (χ4v) is 1.08. The van der Waals surface area contributed by atoms with Gasteiger partial charge >= 0.3 is 0 Å². The first-order valence-corrected chi connectivity index (χ1v) is 4.65. The summed E-state index contributed by atoms with van der Waals surface area (Å²) < 4.78 is 0. The zero-order valence-electron chi connectivity index (χ0n) is 8.16. The molecule has 0 aromatic carbocycles. The van der Waals surface area contributed by atoms with E-state index in [1.807, 2.05) is 0 Å². The Morgan fingerprint density at radius 2 is 2.57 bits per heavy atom. The molecular weight excluding hydrogens is 182 g/mol. The van der Waals surface area contributed by atoms with E-state index in [0.29, 0.717) is 18.5 Å². The molecule has 0 saturated carbocycles. The lowest BCUT2D eigenvalue weighted by molar-refractivity contribution is 0.0949. The van der Waals surface area contributed by atoms with Gasteiger partial charge in [-0.25, -0.2) is 0 Å². The topological polar surface area (TPSA) is 78.0 Å². The van der Waals surface area contributed by atoms with Crippen LogP contribution in [0.15, 0.2) is 12.4 Å². The van der Waals surface area contributed by atoms with Gasteiger partial charge in [-0.15, -0.1) is 0 Å². The standard InChI is InChI=1S/C9H15N3O2/c1-7(13)3-2-4-10-9(14)8-5-11-12-6-8/h5-7,13H,2-4H2,1H3,(H,10,14)(H,11,12). The average Bonchev–Trinajstić information content (AvgIpc) is 2.64. The van der Waals surface area contributed by atoms with Crippen molar-refractivity contribution in [3.05, 3.63) is 18.0 Å². The second kappa shape index (κ2) is 5.39. The number of hydrogen-bond acceptors (Lipinski definition) is 3. The van der Waals surface area contributed by atoms with E-state index < -0.39 is 0 Å². The summed E-state index contributed by atoms with van der Waals surface area (Å²) in [5.41, 5.74) is 0.530. The van der Waals surface area contributed by atoms with Crippen LogP contribution in [0.5, 0.6) is 0 Å². The van der Waals surface area contributed by atoms with Crippen LogP contribution in [0.25, 0.3) is 0 Å². The molecule has 1 heterocycles. The van der Waals surface area contributed by atoms with Crippen LogP contribution in [0.2, 0.25) is 0 Å². The number of aromatic amines is 1. The highest BCUT2D eigenvalue weighted by Crippen LogP contribution is 1.96. The summed E-state index contributed by atoms with van der Waals surface area (Å²) in [6.07, 6.45) is 4.20. The highest BCUT2D eigenvalue weighted by atomic mass is 16.3. The van der Waals surface area contributed by atoms with Gasteiger partial charge in [0, 0.05) is 12.7 Å². The molecule has 14 heavy (non-hydrogen) atoms. The van der Waals surface area contributed by atoms with Crippen LogP contribution in [0, 0.1) is 0 Å². The molecule has 3 N–H and O–H groups in total. The van der Waals surface area contributed by atoms with Crippen LogP contribution < -0.4 is 5.32 Å². The molecule has 5 nitrogen and oxygen atoms in total. The highest BCUT2D eigenvalue weighted by Gasteiger charge is 2.04. The number of aliphatic hydroxyl groups excluding tert-OH is 1. The van der Waals surface area contributed by atoms with Gasteiger partial charge in [0.2, 0.25) is 0 Å². The number of aromatic nitrogens is 2. The molecular formula is C9H15N3O2. The van der Waals surface area contributed by atoms with Crippen LogP contribution in [-0.2, 0) is 0 Å². The van der Waals surface area contributed by atoms with E-state index >= 15 is 0 Å². The van der Waals surface area contributed by atoms with Crippen molar-refractivity contribution in [2.24, 2.45) is 0 Å². The molecule has 0 fully saturated rings. The summed E-state index contributed by atoms with van der Waals surface area (Å²) in [5, 5.41) is 17.9. The van der Waals surface area contributed by atoms with Gasteiger partial charge in [-0.2, -0.15) is 5.10 Å². The molecule has 1 amide bonds. The zero-order valence-corrected chi connectivity index (χ0v) is 8.16. The third kappa shape index (κ3) is 3.57. The Balaban J connectivity index is 2.16. The van der Waals surface area contributed by atoms with Crippen LogP contribution in [-0.4, -0.2) is 33.9 Å². The van der Waals surface area contributed by atoms with Crippen molar-refractivity contribution in [1.82, 2.24) is 15.5 Å². The van der Waals surface area contributed by atoms with Crippen molar-refractivity contribution < 1.29 is 9.90 Å². The van der Waals surface area contributed by atoms with Crippen molar-refractivity contribution in [2.75, 3.05) is 6.54 Å². The van der Waals surface area contributed by atoms with Crippen LogP contribution in [0.3, 0.4) is 0 Å². The second-order valence-electron chi connectivity index (χ2n) is 3.23. The van der Waals surface area contributed by atoms with Crippen molar-refractivity contribution in [1.29, 1.82) is 0 Å². The third-order valence-electron chi connectivity index (χ3n) is 1.84. The van der Waals surface area contributed by atoms with E-state index in [-0.39, 0.29) is 12.0 Å². The molecule has 0 spiro atoms. The van der Waals surface area contributed by atoms with Gasteiger partial charge in [-0.05, 0) is 19.8 Å². The predicted octanol–water partition coefficient (Wildman–Crippen LogP) is 0.300. The van der Waals surface area contributed by atoms with Crippen molar-refractivity contribution >= 4 is 5.91 Å². The molecule has 5 heteroatoms. The minimum Gasteiger partial charge on any atom is -0.393 e. The summed E-state index contributed by atoms with van der Waals surface area (Å²) >= 11 is 0. The van der Waals surface area contributed by atoms with Gasteiger partial charge in [0.25, 0.3) is 5.91 Å². The quantitative estimate of drug-likeness (QED) is 0.594. The van der Waals surface area contributed by atoms with E-state index in [4.69, 9.17) is 5.11 Å². The Hall–Kier alpha value is -1.36. The predicted molar refractivity (Wildman–Crippen MR) is 51.8 cm³/mol. The van der Waals surface area contributed by atoms with E-state index in [1.165, 1.54) is 6.20 Å². The van der Waals surface area contributed by atoms with E-state index in [1.54, 1.807) is 13.1 Å². The molecule has 0 aliphatic rings. The number of nitrogens with zero attached hydrogens (tertiary/aromatic N) is 1. The van der Waals surface area contributed by atoms with Crippen LogP contribution >= 0.6 is 0 Å². The number of rotatable bonds is 5. The zero-order chi connectivity index (χ0) is 10.4. The first-order valence-electron chi connectivity index (χ1n) is 4.65. The van der Waals surface area contributed by atoms with Gasteiger partial charge in [0.15, 0.2) is 0 Å². The minimum atomic E-state index is -0.305. The summed E-state index contributed by atoms with van der Waals surface area (Å²) in [4.78, 5) is 11.3. The fourth-order valence-electron chi connectivity index (χ4n) is 1.08. The molecule has 1 rings (SSSR count). The summed E-state index contributed by atoms with van der Waals surface area (Å²) in [6, 6.07) is 0. The van der Waals surface area contributed by atoms with Crippen molar-refractivity contribution in [2.45, 2.75) is 25.9 Å². The lowest BCUT2D eigenvalue weighted by Crippen LogP contribution is -2.24. The van der Waals surface area contributed by atoms with Gasteiger partial charge < -0.3 is 10.4 Å². The van der Waals surface area contributed by atoms with Gasteiger partial charge in [0.05, 0.1) is 17.9 Å². The number of aliphatic hydroxyl groups is 1. The van der Waals surface area contributed by atoms with Crippen molar-refractivity contribution in [3.63, 3.8) is 0 Å². The summed E-state index contributed by atoms with van der Waals surface area (Å²) in [7, 11) is 0. The van der Waals surface area contributed by atoms with Crippen molar-refractivity contribution in [3.8, 4) is 0 Å². The molecule has 1 unspecified atom stereocenters. The maximum Gasteiger partial charge on any atom is 0.254 e. The lowest BCUT2D eigenvalue weighted by atomic mass is 10.2. The van der Waals surface area contributed by atoms with Gasteiger partial charge in [-0.1, -0.05) is 0 Å². The molecule has 0 radical (unpaired) electrons. The Labute approximate surface area is 82.5 Å². The Morgan fingerprint density at radius 3 is 3.14 bits per heavy atom. The average molecular weight is 197 g/mol. The van der Waals surface area contributed by atoms with Gasteiger partial charge in [-0.3, -0.25) is 9.89 Å². The SMILES string of the molecule is CC(O)CCCNC(=O)c1cn[nH]c1. The number of amides is 1. The molecule has 1 aromatic rings. The Bertz CT molecular complexity index is 270. The summed E-state index contributed by atoms with van der Waals surface area (Å²) in [5.74, 6) is -0.135. The number of carbonyl (C=O) groups is 1.